The molecule has 0 saturated carbocycles. The number of aromatic nitrogens is 1. The molecule has 0 aliphatic rings. The van der Waals surface area contributed by atoms with E-state index < -0.39 is 11.9 Å². The van der Waals surface area contributed by atoms with E-state index in [2.05, 4.69) is 10.3 Å². The van der Waals surface area contributed by atoms with Gasteiger partial charge in [-0.05, 0) is 49.6 Å². The zero-order valence-electron chi connectivity index (χ0n) is 15.5. The normalized spacial score (nSPS) is 10.8. The SMILES string of the molecule is CCc1cccc(NC(=O)COC(=O)c2sc3nc(C)cc(C)c3c2N)c1. The molecule has 3 N–H and O–H groups in total. The van der Waals surface area contributed by atoms with Crippen molar-refractivity contribution < 1.29 is 14.3 Å². The molecule has 0 unspecified atom stereocenters. The van der Waals surface area contributed by atoms with Crippen LogP contribution in [0.5, 0.6) is 0 Å². The van der Waals surface area contributed by atoms with Crippen LogP contribution in [0.2, 0.25) is 0 Å². The van der Waals surface area contributed by atoms with Gasteiger partial charge >= 0.3 is 5.97 Å². The Kier molecular flexibility index (Phi) is 5.41. The highest BCUT2D eigenvalue weighted by Gasteiger charge is 2.21. The Morgan fingerprint density at radius 3 is 2.78 bits per heavy atom. The molecular formula is C20H21N3O3S. The highest BCUT2D eigenvalue weighted by atomic mass is 32.1. The predicted molar refractivity (Wildman–Crippen MR) is 108 cm³/mol. The Labute approximate surface area is 161 Å². The summed E-state index contributed by atoms with van der Waals surface area (Å²) in [5, 5.41) is 3.49. The Morgan fingerprint density at radius 2 is 2.04 bits per heavy atom. The van der Waals surface area contributed by atoms with Crippen LogP contribution < -0.4 is 11.1 Å². The molecule has 7 heteroatoms. The number of benzene rings is 1. The van der Waals surface area contributed by atoms with Crippen LogP contribution in [0.15, 0.2) is 30.3 Å². The fourth-order valence-corrected chi connectivity index (χ4v) is 3.99. The van der Waals surface area contributed by atoms with Crippen molar-refractivity contribution in [2.45, 2.75) is 27.2 Å². The summed E-state index contributed by atoms with van der Waals surface area (Å²) in [6, 6.07) is 9.45. The van der Waals surface area contributed by atoms with Gasteiger partial charge in [-0.15, -0.1) is 11.3 Å². The lowest BCUT2D eigenvalue weighted by Crippen LogP contribution is -2.21. The molecule has 2 aromatic heterocycles. The van der Waals surface area contributed by atoms with E-state index in [1.165, 1.54) is 11.3 Å². The minimum atomic E-state index is -0.620. The quantitative estimate of drug-likeness (QED) is 0.653. The number of ether oxygens (including phenoxy) is 1. The van der Waals surface area contributed by atoms with Crippen molar-refractivity contribution in [3.05, 3.63) is 52.0 Å². The average molecular weight is 383 g/mol. The molecule has 2 heterocycles. The number of carbonyl (C=O) groups is 2. The van der Waals surface area contributed by atoms with E-state index >= 15 is 0 Å². The van der Waals surface area contributed by atoms with E-state index in [9.17, 15) is 9.59 Å². The van der Waals surface area contributed by atoms with Gasteiger partial charge in [-0.3, -0.25) is 4.79 Å². The third kappa shape index (κ3) is 4.09. The van der Waals surface area contributed by atoms with Gasteiger partial charge in [0.1, 0.15) is 9.71 Å². The summed E-state index contributed by atoms with van der Waals surface area (Å²) in [7, 11) is 0. The molecule has 3 aromatic rings. The lowest BCUT2D eigenvalue weighted by Gasteiger charge is -2.07. The molecule has 140 valence electrons. The van der Waals surface area contributed by atoms with Crippen LogP contribution in [0, 0.1) is 13.8 Å². The largest absolute Gasteiger partial charge is 0.451 e. The summed E-state index contributed by atoms with van der Waals surface area (Å²) >= 11 is 1.18. The van der Waals surface area contributed by atoms with Crippen LogP contribution in [0.4, 0.5) is 11.4 Å². The Balaban J connectivity index is 1.68. The molecule has 0 bridgehead atoms. The number of amides is 1. The van der Waals surface area contributed by atoms with Crippen molar-refractivity contribution >= 4 is 44.8 Å². The monoisotopic (exact) mass is 383 g/mol. The van der Waals surface area contributed by atoms with E-state index in [1.807, 2.05) is 45.0 Å². The number of nitrogens with zero attached hydrogens (tertiary/aromatic N) is 1. The zero-order valence-corrected chi connectivity index (χ0v) is 16.3. The number of rotatable bonds is 5. The average Bonchev–Trinajstić information content (AvgIpc) is 2.96. The molecule has 1 amide bonds. The van der Waals surface area contributed by atoms with Crippen molar-refractivity contribution in [1.82, 2.24) is 4.98 Å². The van der Waals surface area contributed by atoms with Crippen molar-refractivity contribution in [3.63, 3.8) is 0 Å². The Bertz CT molecular complexity index is 1030. The van der Waals surface area contributed by atoms with E-state index in [1.54, 1.807) is 6.07 Å². The van der Waals surface area contributed by atoms with E-state index in [0.717, 1.165) is 28.6 Å². The zero-order chi connectivity index (χ0) is 19.6. The molecule has 0 saturated heterocycles. The number of nitrogen functional groups attached to an aromatic ring is 1. The number of hydrogen-bond acceptors (Lipinski definition) is 6. The number of anilines is 2. The van der Waals surface area contributed by atoms with Crippen LogP contribution >= 0.6 is 11.3 Å². The maximum absolute atomic E-state index is 12.4. The summed E-state index contributed by atoms with van der Waals surface area (Å²) < 4.78 is 5.15. The van der Waals surface area contributed by atoms with Crippen molar-refractivity contribution in [3.8, 4) is 0 Å². The maximum atomic E-state index is 12.4. The van der Waals surface area contributed by atoms with Crippen molar-refractivity contribution in [2.75, 3.05) is 17.7 Å². The van der Waals surface area contributed by atoms with E-state index in [-0.39, 0.29) is 11.5 Å². The van der Waals surface area contributed by atoms with Gasteiger partial charge in [-0.2, -0.15) is 0 Å². The molecule has 27 heavy (non-hydrogen) atoms. The van der Waals surface area contributed by atoms with Crippen LogP contribution in [0.25, 0.3) is 10.2 Å². The summed E-state index contributed by atoms with van der Waals surface area (Å²) in [5.41, 5.74) is 10.1. The van der Waals surface area contributed by atoms with Gasteiger partial charge in [0.15, 0.2) is 6.61 Å². The van der Waals surface area contributed by atoms with Crippen LogP contribution in [0.3, 0.4) is 0 Å². The summed E-state index contributed by atoms with van der Waals surface area (Å²) in [6.45, 7) is 5.47. The number of esters is 1. The molecular weight excluding hydrogens is 362 g/mol. The Morgan fingerprint density at radius 1 is 1.26 bits per heavy atom. The first kappa shape index (κ1) is 18.8. The van der Waals surface area contributed by atoms with Crippen LogP contribution in [0.1, 0.15) is 33.4 Å². The van der Waals surface area contributed by atoms with Gasteiger partial charge in [0.2, 0.25) is 0 Å². The summed E-state index contributed by atoms with van der Waals surface area (Å²) in [5.74, 6) is -1.02. The van der Waals surface area contributed by atoms with Crippen LogP contribution in [-0.4, -0.2) is 23.5 Å². The number of fused-ring (bicyclic) bond motifs is 1. The molecule has 6 nitrogen and oxygen atoms in total. The van der Waals surface area contributed by atoms with Gasteiger partial charge in [0.05, 0.1) is 5.69 Å². The molecule has 0 radical (unpaired) electrons. The molecule has 0 aliphatic heterocycles. The fourth-order valence-electron chi connectivity index (χ4n) is 2.88. The molecule has 0 spiro atoms. The van der Waals surface area contributed by atoms with E-state index in [0.29, 0.717) is 16.2 Å². The summed E-state index contributed by atoms with van der Waals surface area (Å²) in [6.07, 6.45) is 0.872. The lowest BCUT2D eigenvalue weighted by molar-refractivity contribution is -0.119. The number of pyridine rings is 1. The molecule has 3 rings (SSSR count). The summed E-state index contributed by atoms with van der Waals surface area (Å²) in [4.78, 5) is 29.8. The van der Waals surface area contributed by atoms with Gasteiger partial charge < -0.3 is 15.8 Å². The van der Waals surface area contributed by atoms with Gasteiger partial charge in [-0.1, -0.05) is 19.1 Å². The topological polar surface area (TPSA) is 94.3 Å². The number of hydrogen-bond donors (Lipinski definition) is 2. The second-order valence-electron chi connectivity index (χ2n) is 6.28. The van der Waals surface area contributed by atoms with Crippen LogP contribution in [-0.2, 0) is 16.0 Å². The molecule has 0 aliphatic carbocycles. The molecule has 1 aromatic carbocycles. The molecule has 0 fully saturated rings. The number of thiophene rings is 1. The predicted octanol–water partition coefficient (Wildman–Crippen LogP) is 3.85. The number of nitrogens with one attached hydrogen (secondary N) is 1. The minimum absolute atomic E-state index is 0.270. The fraction of sp³-hybridized carbons (Fsp3) is 0.250. The smallest absolute Gasteiger partial charge is 0.351 e. The molecule has 0 atom stereocenters. The van der Waals surface area contributed by atoms with Crippen molar-refractivity contribution in [1.29, 1.82) is 0 Å². The first-order valence-corrected chi connectivity index (χ1v) is 9.42. The minimum Gasteiger partial charge on any atom is -0.451 e. The van der Waals surface area contributed by atoms with Gasteiger partial charge in [-0.25, -0.2) is 9.78 Å². The second-order valence-corrected chi connectivity index (χ2v) is 7.28. The highest BCUT2D eigenvalue weighted by Crippen LogP contribution is 2.35. The highest BCUT2D eigenvalue weighted by molar-refractivity contribution is 7.21. The third-order valence-corrected chi connectivity index (χ3v) is 5.24. The van der Waals surface area contributed by atoms with Gasteiger partial charge in [0, 0.05) is 16.8 Å². The first-order valence-electron chi connectivity index (χ1n) is 8.61. The van der Waals surface area contributed by atoms with Crippen molar-refractivity contribution in [2.24, 2.45) is 0 Å². The third-order valence-electron chi connectivity index (χ3n) is 4.16. The second kappa shape index (κ2) is 7.75. The van der Waals surface area contributed by atoms with E-state index in [4.69, 9.17) is 10.5 Å². The number of nitrogens with two attached hydrogens (primary N) is 1. The Hall–Kier alpha value is -2.93. The number of carbonyl (C=O) groups excluding carboxylic acids is 2. The maximum Gasteiger partial charge on any atom is 0.351 e. The standard InChI is InChI=1S/C20H21N3O3S/c1-4-13-6-5-7-14(9-13)23-15(24)10-26-20(25)18-17(21)16-11(2)8-12(3)22-19(16)27-18/h5-9H,4,10,21H2,1-3H3,(H,23,24). The first-order chi connectivity index (χ1) is 12.9. The number of aryl methyl sites for hydroxylation is 3. The van der Waals surface area contributed by atoms with Gasteiger partial charge in [0.25, 0.3) is 5.91 Å². The lowest BCUT2D eigenvalue weighted by atomic mass is 10.1.